The van der Waals surface area contributed by atoms with E-state index in [1.807, 2.05) is 24.3 Å². The molecule has 0 radical (unpaired) electrons. The summed E-state index contributed by atoms with van der Waals surface area (Å²) in [5.41, 5.74) is 0.582. The highest BCUT2D eigenvalue weighted by molar-refractivity contribution is 5.95. The monoisotopic (exact) mass is 358 g/mol. The van der Waals surface area contributed by atoms with E-state index in [0.717, 1.165) is 5.56 Å². The fourth-order valence-electron chi connectivity index (χ4n) is 2.64. The smallest absolute Gasteiger partial charge is 0.235 e. The molecule has 1 saturated heterocycles. The zero-order chi connectivity index (χ0) is 18.6. The first-order valence-corrected chi connectivity index (χ1v) is 8.23. The molecule has 7 heteroatoms. The van der Waals surface area contributed by atoms with Crippen molar-refractivity contribution >= 4 is 11.6 Å². The van der Waals surface area contributed by atoms with Crippen LogP contribution in [0.5, 0.6) is 11.6 Å². The van der Waals surface area contributed by atoms with Gasteiger partial charge in [-0.05, 0) is 19.1 Å². The number of carbonyl (C=O) groups excluding carboxylic acids is 1. The van der Waals surface area contributed by atoms with Gasteiger partial charge in [0.05, 0.1) is 44.7 Å². The number of carbonyl (C=O) groups is 1. The minimum atomic E-state index is -0.807. The van der Waals surface area contributed by atoms with Crippen LogP contribution in [0.15, 0.2) is 42.6 Å². The highest BCUT2D eigenvalue weighted by atomic mass is 16.7. The molecule has 3 rings (SSSR count). The minimum Gasteiger partial charge on any atom is -0.496 e. The van der Waals surface area contributed by atoms with Gasteiger partial charge in [0.15, 0.2) is 6.29 Å². The third kappa shape index (κ3) is 3.79. The number of amides is 1. The van der Waals surface area contributed by atoms with E-state index >= 15 is 0 Å². The van der Waals surface area contributed by atoms with Gasteiger partial charge in [-0.25, -0.2) is 4.98 Å². The first kappa shape index (κ1) is 18.2. The average molecular weight is 358 g/mol. The van der Waals surface area contributed by atoms with Crippen LogP contribution in [0.25, 0.3) is 0 Å². The molecule has 2 heterocycles. The summed E-state index contributed by atoms with van der Waals surface area (Å²) in [6.07, 6.45) is 0.983. The summed E-state index contributed by atoms with van der Waals surface area (Å²) in [7, 11) is 3.14. The van der Waals surface area contributed by atoms with Crippen LogP contribution < -0.4 is 14.8 Å². The van der Waals surface area contributed by atoms with Crippen LogP contribution in [-0.4, -0.2) is 38.3 Å². The lowest BCUT2D eigenvalue weighted by Crippen LogP contribution is -2.45. The number of benzene rings is 1. The van der Waals surface area contributed by atoms with Gasteiger partial charge in [0.1, 0.15) is 5.75 Å². The molecule has 0 aliphatic carbocycles. The van der Waals surface area contributed by atoms with E-state index in [-0.39, 0.29) is 19.1 Å². The molecule has 0 spiro atoms. The lowest BCUT2D eigenvalue weighted by Gasteiger charge is -2.36. The Balaban J connectivity index is 1.64. The number of para-hydroxylation sites is 1. The lowest BCUT2D eigenvalue weighted by atomic mass is 9.90. The van der Waals surface area contributed by atoms with Gasteiger partial charge in [-0.3, -0.25) is 4.79 Å². The predicted molar refractivity (Wildman–Crippen MR) is 95.2 cm³/mol. The number of hydrogen-bond acceptors (Lipinski definition) is 6. The molecule has 0 saturated carbocycles. The Labute approximate surface area is 152 Å². The molecule has 1 aromatic carbocycles. The van der Waals surface area contributed by atoms with Crippen LogP contribution >= 0.6 is 0 Å². The number of nitrogens with one attached hydrogen (secondary N) is 1. The van der Waals surface area contributed by atoms with Crippen molar-refractivity contribution in [3.8, 4) is 11.6 Å². The molecule has 1 fully saturated rings. The summed E-state index contributed by atoms with van der Waals surface area (Å²) in [6.45, 7) is 2.26. The zero-order valence-corrected chi connectivity index (χ0v) is 15.0. The molecule has 0 atom stereocenters. The standard InChI is InChI=1S/C19H22N2O5/c1-19(18(22)21-13-8-9-16(24-3)20-10-13)11-25-17(26-12-19)14-6-4-5-7-15(14)23-2/h4-10,17H,11-12H2,1-3H3,(H,21,22). The molecule has 0 bridgehead atoms. The Kier molecular flexibility index (Phi) is 5.39. The SMILES string of the molecule is COc1ccc(NC(=O)C2(C)COC(c3ccccc3OC)OC2)cn1. The number of nitrogens with zero attached hydrogens (tertiary/aromatic N) is 1. The molecule has 138 valence electrons. The van der Waals surface area contributed by atoms with E-state index in [1.54, 1.807) is 32.4 Å². The quantitative estimate of drug-likeness (QED) is 0.885. The summed E-state index contributed by atoms with van der Waals surface area (Å²) in [5.74, 6) is 0.982. The van der Waals surface area contributed by atoms with Gasteiger partial charge in [-0.1, -0.05) is 18.2 Å². The molecule has 26 heavy (non-hydrogen) atoms. The van der Waals surface area contributed by atoms with Crippen molar-refractivity contribution in [2.75, 3.05) is 32.8 Å². The van der Waals surface area contributed by atoms with Crippen LogP contribution in [0.3, 0.4) is 0 Å². The van der Waals surface area contributed by atoms with E-state index in [9.17, 15) is 4.79 Å². The maximum Gasteiger partial charge on any atom is 0.235 e. The van der Waals surface area contributed by atoms with Gasteiger partial charge >= 0.3 is 0 Å². The summed E-state index contributed by atoms with van der Waals surface area (Å²) in [5, 5.41) is 2.84. The van der Waals surface area contributed by atoms with Crippen molar-refractivity contribution in [1.29, 1.82) is 0 Å². The summed E-state index contributed by atoms with van der Waals surface area (Å²) < 4.78 is 22.0. The zero-order valence-electron chi connectivity index (χ0n) is 15.0. The molecule has 7 nitrogen and oxygen atoms in total. The van der Waals surface area contributed by atoms with Gasteiger partial charge in [0.25, 0.3) is 0 Å². The number of rotatable bonds is 5. The summed E-state index contributed by atoms with van der Waals surface area (Å²) in [4.78, 5) is 16.7. The number of methoxy groups -OCH3 is 2. The summed E-state index contributed by atoms with van der Waals surface area (Å²) in [6, 6.07) is 10.9. The Bertz CT molecular complexity index is 755. The van der Waals surface area contributed by atoms with Crippen molar-refractivity contribution in [3.63, 3.8) is 0 Å². The Morgan fingerprint density at radius 1 is 1.15 bits per heavy atom. The van der Waals surface area contributed by atoms with Crippen LogP contribution in [0.4, 0.5) is 5.69 Å². The summed E-state index contributed by atoms with van der Waals surface area (Å²) >= 11 is 0. The normalized spacial score (nSPS) is 22.5. The molecule has 2 aromatic rings. The molecule has 1 aliphatic rings. The van der Waals surface area contributed by atoms with Gasteiger partial charge in [-0.15, -0.1) is 0 Å². The first-order valence-electron chi connectivity index (χ1n) is 8.23. The highest BCUT2D eigenvalue weighted by Crippen LogP contribution is 2.36. The highest BCUT2D eigenvalue weighted by Gasteiger charge is 2.40. The second kappa shape index (κ2) is 7.72. The van der Waals surface area contributed by atoms with E-state index in [0.29, 0.717) is 17.3 Å². The predicted octanol–water partition coefficient (Wildman–Crippen LogP) is 2.79. The second-order valence-electron chi connectivity index (χ2n) is 6.30. The number of aromatic nitrogens is 1. The first-order chi connectivity index (χ1) is 12.6. The average Bonchev–Trinajstić information content (AvgIpc) is 2.69. The Morgan fingerprint density at radius 3 is 2.50 bits per heavy atom. The number of ether oxygens (including phenoxy) is 4. The van der Waals surface area contributed by atoms with Crippen molar-refractivity contribution in [2.24, 2.45) is 5.41 Å². The molecular formula is C19H22N2O5. The third-order valence-corrected chi connectivity index (χ3v) is 4.25. The van der Waals surface area contributed by atoms with Crippen LogP contribution in [0.1, 0.15) is 18.8 Å². The van der Waals surface area contributed by atoms with Gasteiger partial charge < -0.3 is 24.3 Å². The maximum absolute atomic E-state index is 12.7. The molecular weight excluding hydrogens is 336 g/mol. The fourth-order valence-corrected chi connectivity index (χ4v) is 2.64. The van der Waals surface area contributed by atoms with Crippen molar-refractivity contribution in [3.05, 3.63) is 48.2 Å². The van der Waals surface area contributed by atoms with E-state index in [4.69, 9.17) is 18.9 Å². The van der Waals surface area contributed by atoms with E-state index in [2.05, 4.69) is 10.3 Å². The molecule has 0 unspecified atom stereocenters. The number of anilines is 1. The van der Waals surface area contributed by atoms with Crippen molar-refractivity contribution in [2.45, 2.75) is 13.2 Å². The largest absolute Gasteiger partial charge is 0.496 e. The fraction of sp³-hybridized carbons (Fsp3) is 0.368. The van der Waals surface area contributed by atoms with E-state index in [1.165, 1.54) is 7.11 Å². The van der Waals surface area contributed by atoms with Crippen LogP contribution in [-0.2, 0) is 14.3 Å². The van der Waals surface area contributed by atoms with Gasteiger partial charge in [-0.2, -0.15) is 0 Å². The molecule has 1 N–H and O–H groups in total. The van der Waals surface area contributed by atoms with Crippen molar-refractivity contribution in [1.82, 2.24) is 4.98 Å². The van der Waals surface area contributed by atoms with Crippen molar-refractivity contribution < 1.29 is 23.7 Å². The second-order valence-corrected chi connectivity index (χ2v) is 6.30. The Hall–Kier alpha value is -2.64. The van der Waals surface area contributed by atoms with Crippen LogP contribution in [0, 0.1) is 5.41 Å². The number of pyridine rings is 1. The van der Waals surface area contributed by atoms with Gasteiger partial charge in [0.2, 0.25) is 11.8 Å². The number of hydrogen-bond donors (Lipinski definition) is 1. The van der Waals surface area contributed by atoms with Crippen LogP contribution in [0.2, 0.25) is 0 Å². The molecule has 1 amide bonds. The minimum absolute atomic E-state index is 0.192. The molecule has 1 aromatic heterocycles. The molecule has 1 aliphatic heterocycles. The van der Waals surface area contributed by atoms with E-state index < -0.39 is 11.7 Å². The van der Waals surface area contributed by atoms with Gasteiger partial charge in [0, 0.05) is 11.6 Å². The topological polar surface area (TPSA) is 78.9 Å². The third-order valence-electron chi connectivity index (χ3n) is 4.25. The maximum atomic E-state index is 12.7. The lowest BCUT2D eigenvalue weighted by molar-refractivity contribution is -0.226. The Morgan fingerprint density at radius 2 is 1.88 bits per heavy atom.